The molecule has 21 heavy (non-hydrogen) atoms. The molecule has 2 aliphatic carbocycles. The second kappa shape index (κ2) is 4.97. The van der Waals surface area contributed by atoms with Crippen LogP contribution in [-0.4, -0.2) is 29.7 Å². The van der Waals surface area contributed by atoms with Crippen LogP contribution in [0.15, 0.2) is 48.5 Å². The lowest BCUT2D eigenvalue weighted by atomic mass is 9.82. The molecule has 0 saturated heterocycles. The van der Waals surface area contributed by atoms with Crippen LogP contribution in [0.4, 0.5) is 0 Å². The monoisotopic (exact) mass is 279 g/mol. The summed E-state index contributed by atoms with van der Waals surface area (Å²) in [5, 5.41) is 9.49. The summed E-state index contributed by atoms with van der Waals surface area (Å²) in [6.07, 6.45) is 1.85. The molecule has 4 rings (SSSR count). The Morgan fingerprint density at radius 3 is 2.00 bits per heavy atom. The predicted molar refractivity (Wildman–Crippen MR) is 85.1 cm³/mol. The lowest BCUT2D eigenvalue weighted by Crippen LogP contribution is -2.38. The maximum atomic E-state index is 9.49. The van der Waals surface area contributed by atoms with Crippen molar-refractivity contribution in [3.8, 4) is 11.1 Å². The Labute approximate surface area is 126 Å². The summed E-state index contributed by atoms with van der Waals surface area (Å²) in [7, 11) is 2.22. The summed E-state index contributed by atoms with van der Waals surface area (Å²) >= 11 is 0. The molecule has 1 fully saturated rings. The van der Waals surface area contributed by atoms with Crippen LogP contribution < -0.4 is 0 Å². The molecule has 0 heterocycles. The molecule has 0 amide bonds. The molecule has 0 bridgehead atoms. The molecular weight excluding hydrogens is 258 g/mol. The lowest BCUT2D eigenvalue weighted by Gasteiger charge is -2.37. The molecule has 108 valence electrons. The van der Waals surface area contributed by atoms with Gasteiger partial charge in [-0.1, -0.05) is 48.5 Å². The zero-order valence-electron chi connectivity index (χ0n) is 12.4. The lowest BCUT2D eigenvalue weighted by molar-refractivity contribution is 0.0246. The Hall–Kier alpha value is -1.64. The van der Waals surface area contributed by atoms with Crippen LogP contribution in [0.2, 0.25) is 0 Å². The predicted octanol–water partition coefficient (Wildman–Crippen LogP) is 3.46. The van der Waals surface area contributed by atoms with E-state index >= 15 is 0 Å². The van der Waals surface area contributed by atoms with Crippen LogP contribution in [0.5, 0.6) is 0 Å². The topological polar surface area (TPSA) is 23.5 Å². The Bertz CT molecular complexity index is 615. The van der Waals surface area contributed by atoms with E-state index in [1.54, 1.807) is 0 Å². The fourth-order valence-corrected chi connectivity index (χ4v) is 3.97. The van der Waals surface area contributed by atoms with E-state index < -0.39 is 0 Å². The summed E-state index contributed by atoms with van der Waals surface area (Å²) in [4.78, 5) is 2.46. The number of nitrogens with zero attached hydrogens (tertiary/aromatic N) is 1. The molecule has 2 aromatic rings. The Morgan fingerprint density at radius 2 is 1.48 bits per heavy atom. The number of fused-ring (bicyclic) bond motifs is 3. The fourth-order valence-electron chi connectivity index (χ4n) is 3.97. The van der Waals surface area contributed by atoms with Crippen molar-refractivity contribution < 1.29 is 5.11 Å². The summed E-state index contributed by atoms with van der Waals surface area (Å²) in [6, 6.07) is 17.9. The molecule has 2 aliphatic rings. The highest BCUT2D eigenvalue weighted by Crippen LogP contribution is 2.46. The molecule has 1 saturated carbocycles. The molecule has 2 heteroatoms. The summed E-state index contributed by atoms with van der Waals surface area (Å²) in [5.74, 6) is 0.643. The van der Waals surface area contributed by atoms with Crippen molar-refractivity contribution >= 4 is 0 Å². The summed E-state index contributed by atoms with van der Waals surface area (Å²) in [5.41, 5.74) is 5.58. The van der Waals surface area contributed by atoms with E-state index in [0.29, 0.717) is 12.0 Å². The van der Waals surface area contributed by atoms with E-state index in [4.69, 9.17) is 0 Å². The van der Waals surface area contributed by atoms with E-state index in [1.165, 1.54) is 22.3 Å². The van der Waals surface area contributed by atoms with Gasteiger partial charge in [0.2, 0.25) is 0 Å². The van der Waals surface area contributed by atoms with E-state index in [1.807, 2.05) is 0 Å². The van der Waals surface area contributed by atoms with Crippen molar-refractivity contribution in [2.24, 2.45) is 5.92 Å². The third-order valence-corrected chi connectivity index (χ3v) is 5.00. The molecule has 0 radical (unpaired) electrons. The molecule has 0 aliphatic heterocycles. The molecule has 0 spiro atoms. The van der Waals surface area contributed by atoms with Gasteiger partial charge in [-0.25, -0.2) is 0 Å². The summed E-state index contributed by atoms with van der Waals surface area (Å²) < 4.78 is 0. The van der Waals surface area contributed by atoms with Crippen molar-refractivity contribution in [3.63, 3.8) is 0 Å². The zero-order valence-corrected chi connectivity index (χ0v) is 12.4. The first-order chi connectivity index (χ1) is 10.2. The van der Waals surface area contributed by atoms with E-state index in [-0.39, 0.29) is 6.10 Å². The van der Waals surface area contributed by atoms with Gasteiger partial charge < -0.3 is 5.11 Å². The number of aliphatic hydroxyl groups is 1. The minimum Gasteiger partial charge on any atom is -0.393 e. The van der Waals surface area contributed by atoms with E-state index in [0.717, 1.165) is 19.4 Å². The molecule has 1 N–H and O–H groups in total. The first-order valence-electron chi connectivity index (χ1n) is 7.80. The number of hydrogen-bond acceptors (Lipinski definition) is 2. The largest absolute Gasteiger partial charge is 0.393 e. The fraction of sp³-hybridized carbons (Fsp3) is 0.368. The Morgan fingerprint density at radius 1 is 0.952 bits per heavy atom. The van der Waals surface area contributed by atoms with Crippen molar-refractivity contribution in [2.45, 2.75) is 25.0 Å². The number of benzene rings is 2. The highest BCUT2D eigenvalue weighted by molar-refractivity contribution is 5.78. The van der Waals surface area contributed by atoms with Gasteiger partial charge in [0.05, 0.1) is 12.1 Å². The van der Waals surface area contributed by atoms with Gasteiger partial charge in [-0.05, 0) is 48.1 Å². The van der Waals surface area contributed by atoms with Gasteiger partial charge in [-0.15, -0.1) is 0 Å². The molecule has 0 aromatic heterocycles. The standard InChI is InChI=1S/C19H21NO/c1-20(12-13-10-14(21)11-13)19-17-8-4-2-6-15(17)16-7-3-5-9-18(16)19/h2-9,13-14,19,21H,10-12H2,1H3. The first-order valence-corrected chi connectivity index (χ1v) is 7.80. The molecule has 0 atom stereocenters. The van der Waals surface area contributed by atoms with E-state index in [9.17, 15) is 5.11 Å². The quantitative estimate of drug-likeness (QED) is 0.930. The number of aliphatic hydroxyl groups excluding tert-OH is 1. The average Bonchev–Trinajstić information content (AvgIpc) is 2.80. The van der Waals surface area contributed by atoms with Gasteiger partial charge >= 0.3 is 0 Å². The van der Waals surface area contributed by atoms with Gasteiger partial charge in [0.15, 0.2) is 0 Å². The van der Waals surface area contributed by atoms with Gasteiger partial charge in [0, 0.05) is 6.54 Å². The number of hydrogen-bond donors (Lipinski definition) is 1. The minimum absolute atomic E-state index is 0.0634. The smallest absolute Gasteiger partial charge is 0.0611 e. The van der Waals surface area contributed by atoms with Crippen LogP contribution in [0, 0.1) is 5.92 Å². The number of rotatable bonds is 3. The molecule has 2 aromatic carbocycles. The SMILES string of the molecule is CN(CC1CC(O)C1)C1c2ccccc2-c2ccccc21. The van der Waals surface area contributed by atoms with Crippen LogP contribution in [0.1, 0.15) is 30.0 Å². The highest BCUT2D eigenvalue weighted by Gasteiger charge is 2.34. The summed E-state index contributed by atoms with van der Waals surface area (Å²) in [6.45, 7) is 1.06. The normalized spacial score (nSPS) is 23.8. The minimum atomic E-state index is -0.0634. The zero-order chi connectivity index (χ0) is 14.4. The van der Waals surface area contributed by atoms with Crippen LogP contribution in [0.3, 0.4) is 0 Å². The molecule has 0 unspecified atom stereocenters. The Balaban J connectivity index is 1.68. The third kappa shape index (κ3) is 2.10. The molecule has 2 nitrogen and oxygen atoms in total. The third-order valence-electron chi connectivity index (χ3n) is 5.00. The van der Waals surface area contributed by atoms with Gasteiger partial charge in [-0.3, -0.25) is 4.90 Å². The Kier molecular flexibility index (Phi) is 3.09. The van der Waals surface area contributed by atoms with Gasteiger partial charge in [0.1, 0.15) is 0 Å². The van der Waals surface area contributed by atoms with Crippen LogP contribution in [0.25, 0.3) is 11.1 Å². The average molecular weight is 279 g/mol. The maximum Gasteiger partial charge on any atom is 0.0611 e. The van der Waals surface area contributed by atoms with E-state index in [2.05, 4.69) is 60.5 Å². The van der Waals surface area contributed by atoms with Crippen molar-refractivity contribution in [1.82, 2.24) is 4.90 Å². The van der Waals surface area contributed by atoms with Crippen molar-refractivity contribution in [2.75, 3.05) is 13.6 Å². The first kappa shape index (κ1) is 13.1. The second-order valence-corrected chi connectivity index (χ2v) is 6.51. The highest BCUT2D eigenvalue weighted by atomic mass is 16.3. The van der Waals surface area contributed by atoms with Crippen LogP contribution >= 0.6 is 0 Å². The van der Waals surface area contributed by atoms with Crippen molar-refractivity contribution in [1.29, 1.82) is 0 Å². The second-order valence-electron chi connectivity index (χ2n) is 6.51. The van der Waals surface area contributed by atoms with Crippen LogP contribution in [-0.2, 0) is 0 Å². The molecular formula is C19H21NO. The van der Waals surface area contributed by atoms with Crippen molar-refractivity contribution in [3.05, 3.63) is 59.7 Å². The maximum absolute atomic E-state index is 9.49. The van der Waals surface area contributed by atoms with Gasteiger partial charge in [0.25, 0.3) is 0 Å². The van der Waals surface area contributed by atoms with Gasteiger partial charge in [-0.2, -0.15) is 0 Å².